The van der Waals surface area contributed by atoms with Gasteiger partial charge in [0.25, 0.3) is 0 Å². The molecule has 5 nitrogen and oxygen atoms in total. The SMILES string of the molecule is CNC(CCCCNC(=O)CBr)C(=O)O. The second-order valence-corrected chi connectivity index (χ2v) is 3.72. The number of carbonyl (C=O) groups excluding carboxylic acids is 1. The molecule has 1 unspecified atom stereocenters. The summed E-state index contributed by atoms with van der Waals surface area (Å²) < 4.78 is 0. The summed E-state index contributed by atoms with van der Waals surface area (Å²) in [7, 11) is 1.63. The third-order valence-corrected chi connectivity index (χ3v) is 2.52. The van der Waals surface area contributed by atoms with Gasteiger partial charge in [-0.3, -0.25) is 9.59 Å². The fraction of sp³-hybridized carbons (Fsp3) is 0.778. The minimum Gasteiger partial charge on any atom is -0.480 e. The molecule has 6 heteroatoms. The van der Waals surface area contributed by atoms with Crippen LogP contribution in [-0.4, -0.2) is 41.9 Å². The Balaban J connectivity index is 3.45. The molecule has 0 aromatic heterocycles. The molecule has 0 spiro atoms. The highest BCUT2D eigenvalue weighted by Gasteiger charge is 2.13. The van der Waals surface area contributed by atoms with Crippen molar-refractivity contribution in [2.45, 2.75) is 25.3 Å². The van der Waals surface area contributed by atoms with E-state index in [9.17, 15) is 9.59 Å². The largest absolute Gasteiger partial charge is 0.480 e. The molecule has 15 heavy (non-hydrogen) atoms. The zero-order chi connectivity index (χ0) is 11.7. The number of alkyl halides is 1. The van der Waals surface area contributed by atoms with Gasteiger partial charge in [-0.15, -0.1) is 0 Å². The van der Waals surface area contributed by atoms with Gasteiger partial charge in [0, 0.05) is 6.54 Å². The van der Waals surface area contributed by atoms with E-state index in [1.807, 2.05) is 0 Å². The highest BCUT2D eigenvalue weighted by Crippen LogP contribution is 2.00. The van der Waals surface area contributed by atoms with E-state index in [-0.39, 0.29) is 5.91 Å². The Morgan fingerprint density at radius 2 is 2.07 bits per heavy atom. The summed E-state index contributed by atoms with van der Waals surface area (Å²) >= 11 is 3.04. The van der Waals surface area contributed by atoms with E-state index in [1.54, 1.807) is 7.05 Å². The molecule has 0 aromatic rings. The predicted octanol–water partition coefficient (Wildman–Crippen LogP) is 0.340. The van der Waals surface area contributed by atoms with Gasteiger partial charge >= 0.3 is 5.97 Å². The van der Waals surface area contributed by atoms with E-state index in [2.05, 4.69) is 26.6 Å². The lowest BCUT2D eigenvalue weighted by molar-refractivity contribution is -0.139. The van der Waals surface area contributed by atoms with Crippen molar-refractivity contribution < 1.29 is 14.7 Å². The van der Waals surface area contributed by atoms with E-state index in [0.717, 1.165) is 12.8 Å². The average molecular weight is 281 g/mol. The number of carboxylic acids is 1. The van der Waals surface area contributed by atoms with E-state index >= 15 is 0 Å². The van der Waals surface area contributed by atoms with Crippen molar-refractivity contribution in [3.8, 4) is 0 Å². The number of hydrogen-bond acceptors (Lipinski definition) is 3. The van der Waals surface area contributed by atoms with Gasteiger partial charge in [-0.05, 0) is 26.3 Å². The Bertz CT molecular complexity index is 212. The number of hydrogen-bond donors (Lipinski definition) is 3. The number of aliphatic carboxylic acids is 1. The second kappa shape index (κ2) is 8.67. The van der Waals surface area contributed by atoms with Gasteiger partial charge in [0.05, 0.1) is 5.33 Å². The number of halogens is 1. The molecule has 88 valence electrons. The van der Waals surface area contributed by atoms with Crippen molar-refractivity contribution in [2.24, 2.45) is 0 Å². The highest BCUT2D eigenvalue weighted by molar-refractivity contribution is 9.09. The number of likely N-dealkylation sites (N-methyl/N-ethyl adjacent to an activating group) is 1. The molecule has 0 aliphatic carbocycles. The Hall–Kier alpha value is -0.620. The average Bonchev–Trinajstić information content (AvgIpc) is 2.22. The van der Waals surface area contributed by atoms with Crippen molar-refractivity contribution in [2.75, 3.05) is 18.9 Å². The molecule has 0 saturated carbocycles. The fourth-order valence-electron chi connectivity index (χ4n) is 1.14. The number of carboxylic acid groups (broad SMARTS) is 1. The van der Waals surface area contributed by atoms with E-state index in [4.69, 9.17) is 5.11 Å². The molecule has 1 atom stereocenters. The van der Waals surface area contributed by atoms with Crippen molar-refractivity contribution >= 4 is 27.8 Å². The first-order valence-corrected chi connectivity index (χ1v) is 5.96. The second-order valence-electron chi connectivity index (χ2n) is 3.16. The van der Waals surface area contributed by atoms with Crippen LogP contribution in [0.2, 0.25) is 0 Å². The summed E-state index contributed by atoms with van der Waals surface area (Å²) in [6, 6.07) is -0.489. The Morgan fingerprint density at radius 3 is 2.53 bits per heavy atom. The lowest BCUT2D eigenvalue weighted by Crippen LogP contribution is -2.34. The van der Waals surface area contributed by atoms with Gasteiger partial charge in [-0.25, -0.2) is 0 Å². The molecule has 0 radical (unpaired) electrons. The summed E-state index contributed by atoms with van der Waals surface area (Å²) in [5.74, 6) is -0.875. The maximum atomic E-state index is 10.8. The van der Waals surface area contributed by atoms with Crippen LogP contribution in [0.1, 0.15) is 19.3 Å². The van der Waals surface area contributed by atoms with Crippen molar-refractivity contribution in [3.63, 3.8) is 0 Å². The molecule has 0 rings (SSSR count). The predicted molar refractivity (Wildman–Crippen MR) is 61.1 cm³/mol. The van der Waals surface area contributed by atoms with Gasteiger partial charge in [-0.2, -0.15) is 0 Å². The van der Waals surface area contributed by atoms with Crippen LogP contribution in [0.15, 0.2) is 0 Å². The van der Waals surface area contributed by atoms with Crippen LogP contribution < -0.4 is 10.6 Å². The Kier molecular flexibility index (Phi) is 8.31. The maximum Gasteiger partial charge on any atom is 0.320 e. The Morgan fingerprint density at radius 1 is 1.40 bits per heavy atom. The minimum atomic E-state index is -0.831. The zero-order valence-electron chi connectivity index (χ0n) is 8.75. The quantitative estimate of drug-likeness (QED) is 0.443. The van der Waals surface area contributed by atoms with Crippen LogP contribution in [-0.2, 0) is 9.59 Å². The van der Waals surface area contributed by atoms with Crippen LogP contribution in [0, 0.1) is 0 Å². The molecule has 0 fully saturated rings. The van der Waals surface area contributed by atoms with Gasteiger partial charge in [0.1, 0.15) is 6.04 Å². The fourth-order valence-corrected chi connectivity index (χ4v) is 1.34. The number of amides is 1. The molecule has 0 bridgehead atoms. The molecule has 0 aliphatic heterocycles. The first-order chi connectivity index (χ1) is 7.11. The van der Waals surface area contributed by atoms with Crippen molar-refractivity contribution in [1.82, 2.24) is 10.6 Å². The molecule has 0 saturated heterocycles. The molecule has 0 aliphatic rings. The van der Waals surface area contributed by atoms with Gasteiger partial charge in [-0.1, -0.05) is 15.9 Å². The summed E-state index contributed by atoms with van der Waals surface area (Å²) in [6.45, 7) is 0.598. The summed E-state index contributed by atoms with van der Waals surface area (Å²) in [4.78, 5) is 21.4. The highest BCUT2D eigenvalue weighted by atomic mass is 79.9. The summed E-state index contributed by atoms with van der Waals surface area (Å²) in [6.07, 6.45) is 2.15. The monoisotopic (exact) mass is 280 g/mol. The van der Waals surface area contributed by atoms with Gasteiger partial charge in [0.2, 0.25) is 5.91 Å². The van der Waals surface area contributed by atoms with E-state index < -0.39 is 12.0 Å². The number of carbonyl (C=O) groups is 2. The standard InChI is InChI=1S/C9H17BrN2O3/c1-11-7(9(14)15)4-2-3-5-12-8(13)6-10/h7,11H,2-6H2,1H3,(H,12,13)(H,14,15). The summed E-state index contributed by atoms with van der Waals surface area (Å²) in [5, 5.41) is 14.4. The first kappa shape index (κ1) is 14.4. The lowest BCUT2D eigenvalue weighted by Gasteiger charge is -2.10. The zero-order valence-corrected chi connectivity index (χ0v) is 10.3. The van der Waals surface area contributed by atoms with E-state index in [0.29, 0.717) is 18.3 Å². The number of unbranched alkanes of at least 4 members (excludes halogenated alkanes) is 1. The molecule has 3 N–H and O–H groups in total. The van der Waals surface area contributed by atoms with Crippen LogP contribution in [0.4, 0.5) is 0 Å². The van der Waals surface area contributed by atoms with Gasteiger partial charge in [0.15, 0.2) is 0 Å². The van der Waals surface area contributed by atoms with Crippen LogP contribution >= 0.6 is 15.9 Å². The van der Waals surface area contributed by atoms with Crippen molar-refractivity contribution in [1.29, 1.82) is 0 Å². The Labute approximate surface area is 97.7 Å². The molecular weight excluding hydrogens is 264 g/mol. The summed E-state index contributed by atoms with van der Waals surface area (Å²) in [5.41, 5.74) is 0. The van der Waals surface area contributed by atoms with E-state index in [1.165, 1.54) is 0 Å². The molecular formula is C9H17BrN2O3. The normalized spacial score (nSPS) is 12.1. The molecule has 0 heterocycles. The third-order valence-electron chi connectivity index (χ3n) is 2.01. The minimum absolute atomic E-state index is 0.0431. The topological polar surface area (TPSA) is 78.4 Å². The third kappa shape index (κ3) is 7.33. The maximum absolute atomic E-state index is 10.8. The first-order valence-electron chi connectivity index (χ1n) is 4.84. The van der Waals surface area contributed by atoms with Gasteiger partial charge < -0.3 is 15.7 Å². The van der Waals surface area contributed by atoms with Crippen LogP contribution in [0.25, 0.3) is 0 Å². The smallest absolute Gasteiger partial charge is 0.320 e. The van der Waals surface area contributed by atoms with Crippen molar-refractivity contribution in [3.05, 3.63) is 0 Å². The number of nitrogens with one attached hydrogen (secondary N) is 2. The molecule has 0 aromatic carbocycles. The van der Waals surface area contributed by atoms with Crippen LogP contribution in [0.5, 0.6) is 0 Å². The van der Waals surface area contributed by atoms with Crippen LogP contribution in [0.3, 0.4) is 0 Å². The lowest BCUT2D eigenvalue weighted by atomic mass is 10.1. The molecule has 1 amide bonds. The number of rotatable bonds is 8.